The Bertz CT molecular complexity index is 1450. The molecule has 4 amide bonds. The van der Waals surface area contributed by atoms with Crippen LogP contribution in [-0.4, -0.2) is 67.2 Å². The molecule has 0 saturated heterocycles. The standard InChI is InChI=1S/C24H22F3N9O5S/c25-19-14(8-28)22(21(27)23(20(19)26)35-36-29)31-7-6-30-15(37)9-32-16(38)10-33-17(39)11-34-18(40)12-42-24(41)13-4-2-1-3-5-13/h1-5,31H,6-7,9-12H2,(H,30,37)(H,32,38)(H,33,39)(H,34,40). The molecular weight excluding hydrogens is 583 g/mol. The van der Waals surface area contributed by atoms with Crippen molar-refractivity contribution in [3.05, 3.63) is 69.4 Å². The number of benzene rings is 2. The summed E-state index contributed by atoms with van der Waals surface area (Å²) in [6, 6.07) is 9.61. The van der Waals surface area contributed by atoms with Gasteiger partial charge in [0.1, 0.15) is 17.3 Å². The van der Waals surface area contributed by atoms with E-state index in [9.17, 15) is 37.1 Å². The van der Waals surface area contributed by atoms with E-state index in [2.05, 4.69) is 36.6 Å². The van der Waals surface area contributed by atoms with Gasteiger partial charge in [0.25, 0.3) is 0 Å². The van der Waals surface area contributed by atoms with Crippen molar-refractivity contribution in [2.45, 2.75) is 0 Å². The van der Waals surface area contributed by atoms with Crippen LogP contribution in [-0.2, 0) is 19.2 Å². The normalized spacial score (nSPS) is 9.95. The van der Waals surface area contributed by atoms with E-state index in [1.54, 1.807) is 30.3 Å². The molecule has 0 heterocycles. The first-order valence-electron chi connectivity index (χ1n) is 11.8. The second kappa shape index (κ2) is 16.7. The van der Waals surface area contributed by atoms with Crippen LogP contribution in [0, 0.1) is 28.8 Å². The van der Waals surface area contributed by atoms with E-state index >= 15 is 0 Å². The molecule has 0 unspecified atom stereocenters. The predicted molar refractivity (Wildman–Crippen MR) is 144 cm³/mol. The lowest BCUT2D eigenvalue weighted by Crippen LogP contribution is -2.45. The van der Waals surface area contributed by atoms with Gasteiger partial charge in [-0.3, -0.25) is 24.0 Å². The number of amides is 4. The molecule has 0 aliphatic carbocycles. The van der Waals surface area contributed by atoms with Crippen LogP contribution < -0.4 is 26.6 Å². The maximum Gasteiger partial charge on any atom is 0.239 e. The number of hydrogen-bond donors (Lipinski definition) is 5. The summed E-state index contributed by atoms with van der Waals surface area (Å²) in [6.07, 6.45) is 0. The smallest absolute Gasteiger partial charge is 0.239 e. The third-order valence-corrected chi connectivity index (χ3v) is 5.89. The van der Waals surface area contributed by atoms with Gasteiger partial charge in [-0.1, -0.05) is 47.2 Å². The van der Waals surface area contributed by atoms with Crippen molar-refractivity contribution >= 4 is 51.9 Å². The predicted octanol–water partition coefficient (Wildman–Crippen LogP) is 1.37. The van der Waals surface area contributed by atoms with E-state index in [1.165, 1.54) is 6.07 Å². The number of anilines is 1. The summed E-state index contributed by atoms with van der Waals surface area (Å²) >= 11 is 0.766. The molecule has 2 rings (SSSR count). The highest BCUT2D eigenvalue weighted by Gasteiger charge is 2.24. The fourth-order valence-electron chi connectivity index (χ4n) is 3.00. The molecule has 14 nitrogen and oxygen atoms in total. The molecule has 220 valence electrons. The largest absolute Gasteiger partial charge is 0.380 e. The minimum atomic E-state index is -1.83. The Kier molecular flexibility index (Phi) is 13.1. The third kappa shape index (κ3) is 10.0. The Labute approximate surface area is 240 Å². The molecule has 0 bridgehead atoms. The first kappa shape index (κ1) is 32.9. The molecule has 18 heteroatoms. The lowest BCUT2D eigenvalue weighted by atomic mass is 10.1. The van der Waals surface area contributed by atoms with Crippen LogP contribution in [0.15, 0.2) is 35.4 Å². The van der Waals surface area contributed by atoms with E-state index in [0.29, 0.717) is 5.56 Å². The van der Waals surface area contributed by atoms with Crippen LogP contribution >= 0.6 is 11.8 Å². The molecule has 0 saturated carbocycles. The zero-order valence-electron chi connectivity index (χ0n) is 21.5. The molecule has 2 aromatic rings. The van der Waals surface area contributed by atoms with Crippen LogP contribution in [0.1, 0.15) is 15.9 Å². The van der Waals surface area contributed by atoms with Gasteiger partial charge in [-0.2, -0.15) is 5.26 Å². The summed E-state index contributed by atoms with van der Waals surface area (Å²) in [6.45, 7) is -1.95. The molecule has 42 heavy (non-hydrogen) atoms. The lowest BCUT2D eigenvalue weighted by molar-refractivity contribution is -0.128. The van der Waals surface area contributed by atoms with Gasteiger partial charge in [-0.25, -0.2) is 13.2 Å². The topological polar surface area (TPSA) is 218 Å². The summed E-state index contributed by atoms with van der Waals surface area (Å²) in [5.41, 5.74) is 5.79. The highest BCUT2D eigenvalue weighted by molar-refractivity contribution is 8.14. The Morgan fingerprint density at radius 2 is 1.40 bits per heavy atom. The Morgan fingerprint density at radius 3 is 1.98 bits per heavy atom. The highest BCUT2D eigenvalue weighted by atomic mass is 32.2. The number of azide groups is 1. The second-order valence-corrected chi connectivity index (χ2v) is 8.84. The first-order valence-corrected chi connectivity index (χ1v) is 12.8. The van der Waals surface area contributed by atoms with Gasteiger partial charge < -0.3 is 26.6 Å². The fraction of sp³-hybridized carbons (Fsp3) is 0.250. The van der Waals surface area contributed by atoms with Crippen LogP contribution in [0.4, 0.5) is 24.5 Å². The number of hydrogen-bond acceptors (Lipinski definition) is 9. The molecule has 0 spiro atoms. The number of nitrogens with zero attached hydrogens (tertiary/aromatic N) is 4. The van der Waals surface area contributed by atoms with Gasteiger partial charge in [-0.05, 0) is 5.53 Å². The molecule has 0 aliphatic rings. The number of thioether (sulfide) groups is 1. The summed E-state index contributed by atoms with van der Waals surface area (Å²) in [4.78, 5) is 61.6. The number of nitrogens with one attached hydrogen (secondary N) is 5. The molecule has 5 N–H and O–H groups in total. The highest BCUT2D eigenvalue weighted by Crippen LogP contribution is 2.34. The first-order chi connectivity index (χ1) is 20.1. The third-order valence-electron chi connectivity index (χ3n) is 4.99. The Hall–Kier alpha value is -5.27. The van der Waals surface area contributed by atoms with Crippen molar-refractivity contribution in [1.29, 1.82) is 5.26 Å². The molecule has 0 atom stereocenters. The lowest BCUT2D eigenvalue weighted by Gasteiger charge is -2.13. The summed E-state index contributed by atoms with van der Waals surface area (Å²) < 4.78 is 42.2. The number of carbonyl (C=O) groups is 5. The zero-order chi connectivity index (χ0) is 31.1. The van der Waals surface area contributed by atoms with Crippen molar-refractivity contribution in [2.75, 3.05) is 43.8 Å². The maximum atomic E-state index is 14.4. The molecule has 0 fully saturated rings. The van der Waals surface area contributed by atoms with Crippen molar-refractivity contribution < 1.29 is 37.1 Å². The van der Waals surface area contributed by atoms with Crippen LogP contribution in [0.2, 0.25) is 0 Å². The SMILES string of the molecule is N#Cc1c(F)c(F)c(N=[N+]=[N-])c(F)c1NCCNC(=O)CNC(=O)CNC(=O)CNC(=O)CSC(=O)c1ccccc1. The number of halogens is 3. The van der Waals surface area contributed by atoms with E-state index in [-0.39, 0.29) is 24.0 Å². The molecular formula is C24H22F3N9O5S. The van der Waals surface area contributed by atoms with Crippen molar-refractivity contribution in [1.82, 2.24) is 21.3 Å². The van der Waals surface area contributed by atoms with Crippen molar-refractivity contribution in [3.8, 4) is 6.07 Å². The van der Waals surface area contributed by atoms with Crippen LogP contribution in [0.3, 0.4) is 0 Å². The number of rotatable bonds is 14. The van der Waals surface area contributed by atoms with Gasteiger partial charge >= 0.3 is 0 Å². The maximum absolute atomic E-state index is 14.4. The Morgan fingerprint density at radius 1 is 0.833 bits per heavy atom. The summed E-state index contributed by atoms with van der Waals surface area (Å²) in [5, 5.41) is 22.8. The van der Waals surface area contributed by atoms with Gasteiger partial charge in [0.15, 0.2) is 17.5 Å². The van der Waals surface area contributed by atoms with E-state index in [1.807, 2.05) is 0 Å². The fourth-order valence-corrected chi connectivity index (χ4v) is 3.67. The van der Waals surface area contributed by atoms with Gasteiger partial charge in [-0.15, -0.1) is 0 Å². The van der Waals surface area contributed by atoms with E-state index < -0.39 is 77.7 Å². The molecule has 2 aromatic carbocycles. The van der Waals surface area contributed by atoms with Crippen molar-refractivity contribution in [3.63, 3.8) is 0 Å². The average Bonchev–Trinajstić information content (AvgIpc) is 2.99. The average molecular weight is 606 g/mol. The number of nitriles is 1. The van der Waals surface area contributed by atoms with Gasteiger partial charge in [0, 0.05) is 23.6 Å². The Balaban J connectivity index is 1.65. The second-order valence-electron chi connectivity index (χ2n) is 7.89. The van der Waals surface area contributed by atoms with E-state index in [4.69, 9.17) is 10.8 Å². The zero-order valence-corrected chi connectivity index (χ0v) is 22.3. The van der Waals surface area contributed by atoms with Crippen LogP contribution in [0.25, 0.3) is 10.4 Å². The van der Waals surface area contributed by atoms with E-state index in [0.717, 1.165) is 11.8 Å². The van der Waals surface area contributed by atoms with Gasteiger partial charge in [0.05, 0.1) is 31.1 Å². The molecule has 0 aromatic heterocycles. The van der Waals surface area contributed by atoms with Gasteiger partial charge in [0.2, 0.25) is 28.7 Å². The quantitative estimate of drug-likeness (QED) is 0.0694. The number of carbonyl (C=O) groups excluding carboxylic acids is 5. The summed E-state index contributed by atoms with van der Waals surface area (Å²) in [5.74, 6) is -7.96. The minimum Gasteiger partial charge on any atom is -0.380 e. The monoisotopic (exact) mass is 605 g/mol. The minimum absolute atomic E-state index is 0.208. The van der Waals surface area contributed by atoms with Crippen LogP contribution in [0.5, 0.6) is 0 Å². The summed E-state index contributed by atoms with van der Waals surface area (Å²) in [7, 11) is 0. The molecule has 0 radical (unpaired) electrons. The van der Waals surface area contributed by atoms with Crippen molar-refractivity contribution in [2.24, 2.45) is 5.11 Å². The molecule has 0 aliphatic heterocycles.